The number of anilines is 1. The quantitative estimate of drug-likeness (QED) is 0.705. The molecule has 1 aliphatic heterocycles. The molecule has 1 aliphatic rings. The second kappa shape index (κ2) is 8.05. The predicted octanol–water partition coefficient (Wildman–Crippen LogP) is 3.14. The van der Waals surface area contributed by atoms with E-state index in [1.807, 2.05) is 42.5 Å². The molecule has 1 saturated heterocycles. The van der Waals surface area contributed by atoms with Gasteiger partial charge < -0.3 is 5.32 Å². The summed E-state index contributed by atoms with van der Waals surface area (Å²) in [6.07, 6.45) is 4.01. The lowest BCUT2D eigenvalue weighted by Gasteiger charge is -2.20. The van der Waals surface area contributed by atoms with Gasteiger partial charge in [-0.05, 0) is 53.9 Å². The Morgan fingerprint density at radius 1 is 0.931 bits per heavy atom. The number of sulfonamides is 1. The highest BCUT2D eigenvalue weighted by Crippen LogP contribution is 2.25. The molecule has 1 aromatic heterocycles. The summed E-state index contributed by atoms with van der Waals surface area (Å²) in [4.78, 5) is 17.0. The van der Waals surface area contributed by atoms with Crippen molar-refractivity contribution in [2.24, 2.45) is 0 Å². The van der Waals surface area contributed by atoms with E-state index in [0.717, 1.165) is 11.1 Å². The number of nitrogens with zero attached hydrogens (tertiary/aromatic N) is 2. The van der Waals surface area contributed by atoms with Crippen molar-refractivity contribution in [2.45, 2.75) is 12.5 Å². The number of carbonyl (C=O) groups is 1. The van der Waals surface area contributed by atoms with Gasteiger partial charge in [0.05, 0.1) is 17.5 Å². The molecule has 6 nitrogen and oxygen atoms in total. The zero-order valence-electron chi connectivity index (χ0n) is 15.7. The van der Waals surface area contributed by atoms with Gasteiger partial charge in [0.2, 0.25) is 10.0 Å². The molecular weight excluding hydrogens is 386 g/mol. The fraction of sp³-hybridized carbons (Fsp3) is 0.182. The molecule has 0 spiro atoms. The van der Waals surface area contributed by atoms with Crippen LogP contribution in [0.5, 0.6) is 0 Å². The van der Waals surface area contributed by atoms with Gasteiger partial charge >= 0.3 is 0 Å². The van der Waals surface area contributed by atoms with Crippen molar-refractivity contribution < 1.29 is 13.2 Å². The van der Waals surface area contributed by atoms with Crippen LogP contribution in [0.3, 0.4) is 0 Å². The summed E-state index contributed by atoms with van der Waals surface area (Å²) < 4.78 is 25.6. The van der Waals surface area contributed by atoms with Crippen molar-refractivity contribution in [3.8, 4) is 0 Å². The summed E-state index contributed by atoms with van der Waals surface area (Å²) in [5.74, 6) is -0.0635. The van der Waals surface area contributed by atoms with Gasteiger partial charge in [0.15, 0.2) is 0 Å². The summed E-state index contributed by atoms with van der Waals surface area (Å²) in [6.45, 7) is 0.478. The first-order valence-corrected chi connectivity index (χ1v) is 11.0. The lowest BCUT2D eigenvalue weighted by molar-refractivity contribution is 0.0943. The van der Waals surface area contributed by atoms with Gasteiger partial charge in [-0.1, -0.05) is 30.3 Å². The SMILES string of the molecule is O=C(NC(c1ccccc1)c1ccncc1)c1ccc(N2CCCS2(=O)=O)cc1. The van der Waals surface area contributed by atoms with Crippen LogP contribution >= 0.6 is 0 Å². The lowest BCUT2D eigenvalue weighted by atomic mass is 9.99. The van der Waals surface area contributed by atoms with E-state index < -0.39 is 10.0 Å². The highest BCUT2D eigenvalue weighted by molar-refractivity contribution is 7.93. The number of amides is 1. The van der Waals surface area contributed by atoms with Crippen LogP contribution in [0, 0.1) is 0 Å². The van der Waals surface area contributed by atoms with Crippen LogP contribution in [-0.4, -0.2) is 31.6 Å². The minimum absolute atomic E-state index is 0.167. The molecule has 1 fully saturated rings. The van der Waals surface area contributed by atoms with Crippen molar-refractivity contribution in [1.82, 2.24) is 10.3 Å². The molecule has 1 atom stereocenters. The zero-order chi connectivity index (χ0) is 20.3. The third kappa shape index (κ3) is 4.14. The molecule has 0 radical (unpaired) electrons. The van der Waals surface area contributed by atoms with Crippen LogP contribution in [0.2, 0.25) is 0 Å². The lowest BCUT2D eigenvalue weighted by Crippen LogP contribution is -2.29. The number of carbonyl (C=O) groups excluding carboxylic acids is 1. The molecule has 3 aromatic rings. The number of hydrogen-bond acceptors (Lipinski definition) is 4. The molecule has 2 heterocycles. The minimum Gasteiger partial charge on any atom is -0.341 e. The van der Waals surface area contributed by atoms with Crippen LogP contribution < -0.4 is 9.62 Å². The molecule has 7 heteroatoms. The number of aromatic nitrogens is 1. The predicted molar refractivity (Wildman–Crippen MR) is 112 cm³/mol. The van der Waals surface area contributed by atoms with Crippen molar-refractivity contribution in [2.75, 3.05) is 16.6 Å². The van der Waals surface area contributed by atoms with Crippen molar-refractivity contribution in [3.63, 3.8) is 0 Å². The minimum atomic E-state index is -3.24. The van der Waals surface area contributed by atoms with E-state index in [1.165, 1.54) is 4.31 Å². The van der Waals surface area contributed by atoms with Gasteiger partial charge in [0.25, 0.3) is 5.91 Å². The monoisotopic (exact) mass is 407 g/mol. The number of benzene rings is 2. The van der Waals surface area contributed by atoms with E-state index in [9.17, 15) is 13.2 Å². The third-order valence-electron chi connectivity index (χ3n) is 4.96. The van der Waals surface area contributed by atoms with Crippen LogP contribution in [0.4, 0.5) is 5.69 Å². The van der Waals surface area contributed by atoms with Crippen LogP contribution in [0.1, 0.15) is 33.9 Å². The molecule has 0 aliphatic carbocycles. The Bertz CT molecular complexity index is 1050. The van der Waals surface area contributed by atoms with Gasteiger partial charge in [-0.2, -0.15) is 0 Å². The molecule has 148 valence electrons. The molecule has 1 N–H and O–H groups in total. The fourth-order valence-corrected chi connectivity index (χ4v) is 5.05. The van der Waals surface area contributed by atoms with E-state index in [0.29, 0.717) is 24.2 Å². The normalized spacial score (nSPS) is 16.3. The Hall–Kier alpha value is -3.19. The van der Waals surface area contributed by atoms with E-state index in [-0.39, 0.29) is 17.7 Å². The standard InChI is InChI=1S/C22H21N3O3S/c26-22(19-7-9-20(10-8-19)25-15-4-16-29(25,27)28)24-21(17-5-2-1-3-6-17)18-11-13-23-14-12-18/h1-3,5-14,21H,4,15-16H2,(H,24,26). The van der Waals surface area contributed by atoms with Crippen molar-refractivity contribution >= 4 is 21.6 Å². The smallest absolute Gasteiger partial charge is 0.252 e. The fourth-order valence-electron chi connectivity index (χ4n) is 3.48. The van der Waals surface area contributed by atoms with Gasteiger partial charge in [-0.25, -0.2) is 8.42 Å². The topological polar surface area (TPSA) is 79.4 Å². The Kier molecular flexibility index (Phi) is 5.31. The average Bonchev–Trinajstić information content (AvgIpc) is 3.12. The number of rotatable bonds is 5. The Morgan fingerprint density at radius 2 is 1.59 bits per heavy atom. The highest BCUT2D eigenvalue weighted by Gasteiger charge is 2.28. The van der Waals surface area contributed by atoms with E-state index in [2.05, 4.69) is 10.3 Å². The van der Waals surface area contributed by atoms with Crippen molar-refractivity contribution in [1.29, 1.82) is 0 Å². The molecule has 2 aromatic carbocycles. The third-order valence-corrected chi connectivity index (χ3v) is 6.83. The first-order chi connectivity index (χ1) is 14.0. The number of hydrogen-bond donors (Lipinski definition) is 1. The Labute approximate surface area is 170 Å². The summed E-state index contributed by atoms with van der Waals surface area (Å²) in [5.41, 5.74) is 2.96. The first kappa shape index (κ1) is 19.1. The highest BCUT2D eigenvalue weighted by atomic mass is 32.2. The zero-order valence-corrected chi connectivity index (χ0v) is 16.5. The summed E-state index contributed by atoms with van der Waals surface area (Å²) in [6, 6.07) is 19.8. The molecule has 0 saturated carbocycles. The maximum Gasteiger partial charge on any atom is 0.252 e. The summed E-state index contributed by atoms with van der Waals surface area (Å²) in [7, 11) is -3.24. The van der Waals surface area contributed by atoms with Crippen LogP contribution in [0.25, 0.3) is 0 Å². The number of nitrogens with one attached hydrogen (secondary N) is 1. The van der Waals surface area contributed by atoms with Crippen LogP contribution in [-0.2, 0) is 10.0 Å². The molecule has 1 amide bonds. The van der Waals surface area contributed by atoms with E-state index in [4.69, 9.17) is 0 Å². The summed E-state index contributed by atoms with van der Waals surface area (Å²) >= 11 is 0. The van der Waals surface area contributed by atoms with Crippen LogP contribution in [0.15, 0.2) is 79.1 Å². The largest absolute Gasteiger partial charge is 0.341 e. The molecule has 4 rings (SSSR count). The second-order valence-corrected chi connectivity index (χ2v) is 8.90. The second-order valence-electron chi connectivity index (χ2n) is 6.89. The summed E-state index contributed by atoms with van der Waals surface area (Å²) in [5, 5.41) is 3.07. The van der Waals surface area contributed by atoms with E-state index >= 15 is 0 Å². The van der Waals surface area contributed by atoms with Gasteiger partial charge in [0, 0.05) is 24.5 Å². The molecule has 1 unspecified atom stereocenters. The maximum absolute atomic E-state index is 12.9. The van der Waals surface area contributed by atoms with Gasteiger partial charge in [-0.3, -0.25) is 14.1 Å². The molecule has 0 bridgehead atoms. The average molecular weight is 407 g/mol. The Balaban J connectivity index is 1.57. The van der Waals surface area contributed by atoms with Gasteiger partial charge in [-0.15, -0.1) is 0 Å². The number of pyridine rings is 1. The first-order valence-electron chi connectivity index (χ1n) is 9.41. The van der Waals surface area contributed by atoms with E-state index in [1.54, 1.807) is 36.7 Å². The Morgan fingerprint density at radius 3 is 2.21 bits per heavy atom. The van der Waals surface area contributed by atoms with Gasteiger partial charge in [0.1, 0.15) is 0 Å². The maximum atomic E-state index is 12.9. The molecule has 29 heavy (non-hydrogen) atoms. The van der Waals surface area contributed by atoms with Crippen molar-refractivity contribution in [3.05, 3.63) is 95.8 Å². The molecular formula is C22H21N3O3S.